The largest absolute Gasteiger partial charge is 0.386 e. The summed E-state index contributed by atoms with van der Waals surface area (Å²) >= 11 is 1.53. The molecular weight excluding hydrogens is 284 g/mol. The summed E-state index contributed by atoms with van der Waals surface area (Å²) in [6.45, 7) is 1.34. The molecule has 1 aromatic carbocycles. The summed E-state index contributed by atoms with van der Waals surface area (Å²) in [7, 11) is 1.62. The fraction of sp³-hybridized carbons (Fsp3) is 0.312. The lowest BCUT2D eigenvalue weighted by molar-refractivity contribution is -0.122. The molecule has 1 aromatic heterocycles. The van der Waals surface area contributed by atoms with Crippen LogP contribution in [-0.4, -0.2) is 36.1 Å². The summed E-state index contributed by atoms with van der Waals surface area (Å²) in [5, 5.41) is 14.9. The molecule has 1 amide bonds. The molecular formula is C16H20N2O2S. The molecule has 5 heteroatoms. The van der Waals surface area contributed by atoms with Crippen molar-refractivity contribution in [2.24, 2.45) is 0 Å². The quantitative estimate of drug-likeness (QED) is 0.823. The molecule has 2 aromatic rings. The first kappa shape index (κ1) is 15.7. The molecule has 0 unspecified atom stereocenters. The third-order valence-electron chi connectivity index (χ3n) is 3.20. The van der Waals surface area contributed by atoms with E-state index < -0.39 is 6.10 Å². The number of carbonyl (C=O) groups is 1. The van der Waals surface area contributed by atoms with E-state index in [1.54, 1.807) is 7.05 Å². The van der Waals surface area contributed by atoms with Crippen molar-refractivity contribution < 1.29 is 9.90 Å². The fourth-order valence-corrected chi connectivity index (χ4v) is 2.83. The Bertz CT molecular complexity index is 543. The number of thiophene rings is 1. The van der Waals surface area contributed by atoms with E-state index in [0.29, 0.717) is 13.1 Å². The van der Waals surface area contributed by atoms with E-state index in [1.807, 2.05) is 52.7 Å². The monoisotopic (exact) mass is 304 g/mol. The number of aliphatic hydroxyl groups excluding tert-OH is 1. The molecule has 0 radical (unpaired) electrons. The molecule has 2 N–H and O–H groups in total. The lowest BCUT2D eigenvalue weighted by atomic mass is 10.2. The van der Waals surface area contributed by atoms with E-state index in [4.69, 9.17) is 0 Å². The van der Waals surface area contributed by atoms with Gasteiger partial charge in [0.05, 0.1) is 6.54 Å². The zero-order valence-electron chi connectivity index (χ0n) is 12.0. The number of aliphatic hydroxyl groups is 1. The van der Waals surface area contributed by atoms with Crippen LogP contribution >= 0.6 is 11.3 Å². The van der Waals surface area contributed by atoms with Crippen LogP contribution in [0, 0.1) is 0 Å². The second-order valence-electron chi connectivity index (χ2n) is 4.86. The van der Waals surface area contributed by atoms with E-state index in [-0.39, 0.29) is 12.5 Å². The van der Waals surface area contributed by atoms with Crippen LogP contribution in [-0.2, 0) is 11.3 Å². The lowest BCUT2D eigenvalue weighted by Crippen LogP contribution is -2.37. The summed E-state index contributed by atoms with van der Waals surface area (Å²) in [5.41, 5.74) is 1.12. The van der Waals surface area contributed by atoms with Crippen LogP contribution in [0.4, 0.5) is 0 Å². The van der Waals surface area contributed by atoms with Gasteiger partial charge >= 0.3 is 0 Å². The summed E-state index contributed by atoms with van der Waals surface area (Å²) in [6.07, 6.45) is -0.571. The minimum atomic E-state index is -0.571. The van der Waals surface area contributed by atoms with Gasteiger partial charge in [-0.2, -0.15) is 0 Å². The molecule has 0 spiro atoms. The van der Waals surface area contributed by atoms with Crippen LogP contribution in [0.1, 0.15) is 16.5 Å². The maximum Gasteiger partial charge on any atom is 0.233 e. The van der Waals surface area contributed by atoms with Crippen molar-refractivity contribution in [3.8, 4) is 0 Å². The smallest absolute Gasteiger partial charge is 0.233 e. The molecule has 0 aliphatic heterocycles. The fourth-order valence-electron chi connectivity index (χ4n) is 2.12. The number of nitrogens with one attached hydrogen (secondary N) is 1. The molecule has 0 aliphatic carbocycles. The third kappa shape index (κ3) is 4.97. The van der Waals surface area contributed by atoms with Crippen molar-refractivity contribution in [3.63, 3.8) is 0 Å². The maximum atomic E-state index is 11.6. The van der Waals surface area contributed by atoms with Crippen LogP contribution in [0.15, 0.2) is 47.8 Å². The van der Waals surface area contributed by atoms with Gasteiger partial charge in [0.15, 0.2) is 0 Å². The summed E-state index contributed by atoms with van der Waals surface area (Å²) in [6, 6.07) is 13.8. The van der Waals surface area contributed by atoms with Crippen molar-refractivity contribution in [3.05, 3.63) is 58.3 Å². The van der Waals surface area contributed by atoms with Gasteiger partial charge in [0.1, 0.15) is 6.10 Å². The van der Waals surface area contributed by atoms with Crippen molar-refractivity contribution in [2.75, 3.05) is 20.1 Å². The highest BCUT2D eigenvalue weighted by atomic mass is 32.1. The maximum absolute atomic E-state index is 11.6. The highest BCUT2D eigenvalue weighted by Crippen LogP contribution is 2.20. The van der Waals surface area contributed by atoms with Crippen molar-refractivity contribution in [1.82, 2.24) is 10.2 Å². The van der Waals surface area contributed by atoms with Crippen LogP contribution < -0.4 is 5.32 Å². The Kier molecular flexibility index (Phi) is 5.92. The van der Waals surface area contributed by atoms with Crippen LogP contribution in [0.5, 0.6) is 0 Å². The molecule has 0 saturated carbocycles. The summed E-state index contributed by atoms with van der Waals surface area (Å²) in [4.78, 5) is 14.5. The standard InChI is InChI=1S/C16H20N2O2S/c1-17-16(20)12-18(10-13-6-3-2-4-7-13)11-14(19)15-8-5-9-21-15/h2-9,14,19H,10-12H2,1H3,(H,17,20)/t14-/m1/s1. The molecule has 1 heterocycles. The Labute approximate surface area is 129 Å². The molecule has 0 aliphatic rings. The Balaban J connectivity index is 2.03. The molecule has 112 valence electrons. The number of likely N-dealkylation sites (N-methyl/N-ethyl adjacent to an activating group) is 1. The average molecular weight is 304 g/mol. The molecule has 0 bridgehead atoms. The molecule has 1 atom stereocenters. The molecule has 4 nitrogen and oxygen atoms in total. The molecule has 2 rings (SSSR count). The van der Waals surface area contributed by atoms with Crippen molar-refractivity contribution in [1.29, 1.82) is 0 Å². The number of nitrogens with zero attached hydrogens (tertiary/aromatic N) is 1. The second-order valence-corrected chi connectivity index (χ2v) is 5.84. The summed E-state index contributed by atoms with van der Waals surface area (Å²) < 4.78 is 0. The van der Waals surface area contributed by atoms with Crippen LogP contribution in [0.2, 0.25) is 0 Å². The minimum Gasteiger partial charge on any atom is -0.386 e. The SMILES string of the molecule is CNC(=O)CN(Cc1ccccc1)C[C@@H](O)c1cccs1. The normalized spacial score (nSPS) is 12.3. The Morgan fingerprint density at radius 1 is 1.29 bits per heavy atom. The molecule has 21 heavy (non-hydrogen) atoms. The van der Waals surface area contributed by atoms with Gasteiger partial charge in [-0.05, 0) is 17.0 Å². The molecule has 0 fully saturated rings. The second kappa shape index (κ2) is 7.93. The van der Waals surface area contributed by atoms with E-state index in [1.165, 1.54) is 11.3 Å². The first-order chi connectivity index (χ1) is 10.2. The predicted octanol–water partition coefficient (Wildman–Crippen LogP) is 2.03. The third-order valence-corrected chi connectivity index (χ3v) is 4.17. The number of benzene rings is 1. The van der Waals surface area contributed by atoms with E-state index in [9.17, 15) is 9.90 Å². The zero-order chi connectivity index (χ0) is 15.1. The van der Waals surface area contributed by atoms with Crippen molar-refractivity contribution >= 4 is 17.2 Å². The van der Waals surface area contributed by atoms with Crippen LogP contribution in [0.25, 0.3) is 0 Å². The topological polar surface area (TPSA) is 52.6 Å². The van der Waals surface area contributed by atoms with E-state index in [0.717, 1.165) is 10.4 Å². The van der Waals surface area contributed by atoms with Gasteiger partial charge < -0.3 is 10.4 Å². The van der Waals surface area contributed by atoms with Gasteiger partial charge in [-0.1, -0.05) is 36.4 Å². The number of hydrogen-bond donors (Lipinski definition) is 2. The van der Waals surface area contributed by atoms with Gasteiger partial charge in [0.2, 0.25) is 5.91 Å². The number of hydrogen-bond acceptors (Lipinski definition) is 4. The van der Waals surface area contributed by atoms with Crippen molar-refractivity contribution in [2.45, 2.75) is 12.6 Å². The zero-order valence-corrected chi connectivity index (χ0v) is 12.8. The van der Waals surface area contributed by atoms with Gasteiger partial charge in [-0.15, -0.1) is 11.3 Å². The Hall–Kier alpha value is -1.69. The lowest BCUT2D eigenvalue weighted by Gasteiger charge is -2.24. The average Bonchev–Trinajstić information content (AvgIpc) is 3.02. The highest BCUT2D eigenvalue weighted by molar-refractivity contribution is 7.10. The highest BCUT2D eigenvalue weighted by Gasteiger charge is 2.17. The van der Waals surface area contributed by atoms with Gasteiger partial charge in [0, 0.05) is 25.0 Å². The number of carbonyl (C=O) groups excluding carboxylic acids is 1. The first-order valence-corrected chi connectivity index (χ1v) is 7.75. The van der Waals surface area contributed by atoms with Crippen LogP contribution in [0.3, 0.4) is 0 Å². The van der Waals surface area contributed by atoms with Gasteiger partial charge in [-0.3, -0.25) is 9.69 Å². The molecule has 0 saturated heterocycles. The van der Waals surface area contributed by atoms with E-state index >= 15 is 0 Å². The van der Waals surface area contributed by atoms with E-state index in [2.05, 4.69) is 5.32 Å². The Morgan fingerprint density at radius 2 is 2.05 bits per heavy atom. The van der Waals surface area contributed by atoms with Gasteiger partial charge in [0.25, 0.3) is 0 Å². The number of amides is 1. The Morgan fingerprint density at radius 3 is 2.67 bits per heavy atom. The van der Waals surface area contributed by atoms with Gasteiger partial charge in [-0.25, -0.2) is 0 Å². The number of rotatable bonds is 7. The predicted molar refractivity (Wildman–Crippen MR) is 85.1 cm³/mol. The minimum absolute atomic E-state index is 0.0516. The first-order valence-electron chi connectivity index (χ1n) is 6.87. The summed E-state index contributed by atoms with van der Waals surface area (Å²) in [5.74, 6) is -0.0516.